The minimum atomic E-state index is 0.227. The number of rotatable bonds is 3. The van der Waals surface area contributed by atoms with Crippen molar-refractivity contribution in [3.63, 3.8) is 0 Å². The largest absolute Gasteiger partial charge is 0.488 e. The molecular formula is C18H24N2O. The maximum absolute atomic E-state index is 6.36. The lowest BCUT2D eigenvalue weighted by Gasteiger charge is -2.25. The number of hydrogen-bond acceptors (Lipinski definition) is 3. The molecule has 3 nitrogen and oxygen atoms in total. The minimum absolute atomic E-state index is 0.227. The van der Waals surface area contributed by atoms with Gasteiger partial charge in [0.1, 0.15) is 17.4 Å². The van der Waals surface area contributed by atoms with E-state index in [4.69, 9.17) is 10.5 Å². The Bertz CT molecular complexity index is 611. The molecule has 0 radical (unpaired) electrons. The van der Waals surface area contributed by atoms with Gasteiger partial charge in [0, 0.05) is 17.0 Å². The Morgan fingerprint density at radius 2 is 2.00 bits per heavy atom. The van der Waals surface area contributed by atoms with Crippen molar-refractivity contribution in [3.05, 3.63) is 36.0 Å². The Kier molecular flexibility index (Phi) is 4.39. The van der Waals surface area contributed by atoms with Gasteiger partial charge in [-0.25, -0.2) is 4.98 Å². The van der Waals surface area contributed by atoms with Crippen LogP contribution in [0.3, 0.4) is 0 Å². The van der Waals surface area contributed by atoms with E-state index in [1.807, 2.05) is 25.1 Å². The molecule has 3 rings (SSSR count). The van der Waals surface area contributed by atoms with Gasteiger partial charge in [-0.15, -0.1) is 0 Å². The monoisotopic (exact) mass is 284 g/mol. The van der Waals surface area contributed by atoms with Crippen LogP contribution in [0.2, 0.25) is 0 Å². The number of nitrogens with two attached hydrogens (primary N) is 1. The van der Waals surface area contributed by atoms with Gasteiger partial charge in [0.25, 0.3) is 0 Å². The molecule has 0 saturated heterocycles. The SMILES string of the molecule is Cc1ccc2cccc(OC3CCCCCC3CN)c2n1. The molecule has 1 heterocycles. The van der Waals surface area contributed by atoms with Gasteiger partial charge in [0.05, 0.1) is 0 Å². The number of fused-ring (bicyclic) bond motifs is 1. The molecule has 1 aliphatic rings. The summed E-state index contributed by atoms with van der Waals surface area (Å²) in [6.07, 6.45) is 6.31. The zero-order valence-corrected chi connectivity index (χ0v) is 12.7. The highest BCUT2D eigenvalue weighted by Crippen LogP contribution is 2.30. The van der Waals surface area contributed by atoms with Crippen LogP contribution in [0.4, 0.5) is 0 Å². The van der Waals surface area contributed by atoms with Crippen molar-refractivity contribution in [2.75, 3.05) is 6.54 Å². The fraction of sp³-hybridized carbons (Fsp3) is 0.500. The summed E-state index contributed by atoms with van der Waals surface area (Å²) in [5.41, 5.74) is 7.95. The zero-order valence-electron chi connectivity index (χ0n) is 12.7. The molecule has 1 saturated carbocycles. The predicted octanol–water partition coefficient (Wildman–Crippen LogP) is 3.83. The van der Waals surface area contributed by atoms with E-state index in [2.05, 4.69) is 17.1 Å². The fourth-order valence-electron chi connectivity index (χ4n) is 3.25. The molecule has 0 bridgehead atoms. The van der Waals surface area contributed by atoms with Crippen LogP contribution in [-0.2, 0) is 0 Å². The van der Waals surface area contributed by atoms with E-state index in [1.165, 1.54) is 25.7 Å². The average Bonchev–Trinajstić information content (AvgIpc) is 2.73. The summed E-state index contributed by atoms with van der Waals surface area (Å²) < 4.78 is 6.36. The molecule has 3 heteroatoms. The molecule has 112 valence electrons. The Hall–Kier alpha value is -1.61. The highest BCUT2D eigenvalue weighted by atomic mass is 16.5. The lowest BCUT2D eigenvalue weighted by Crippen LogP contribution is -2.31. The maximum Gasteiger partial charge on any atom is 0.145 e. The van der Waals surface area contributed by atoms with Crippen molar-refractivity contribution in [2.45, 2.75) is 45.1 Å². The number of hydrogen-bond donors (Lipinski definition) is 1. The van der Waals surface area contributed by atoms with E-state index in [0.29, 0.717) is 12.5 Å². The van der Waals surface area contributed by atoms with Crippen LogP contribution in [0.15, 0.2) is 30.3 Å². The molecule has 0 spiro atoms. The summed E-state index contributed by atoms with van der Waals surface area (Å²) in [4.78, 5) is 4.66. The summed E-state index contributed by atoms with van der Waals surface area (Å²) in [5, 5.41) is 1.14. The van der Waals surface area contributed by atoms with E-state index < -0.39 is 0 Å². The minimum Gasteiger partial charge on any atom is -0.488 e. The van der Waals surface area contributed by atoms with E-state index in [1.54, 1.807) is 0 Å². The summed E-state index contributed by atoms with van der Waals surface area (Å²) in [5.74, 6) is 1.37. The quantitative estimate of drug-likeness (QED) is 0.871. The number of para-hydroxylation sites is 1. The van der Waals surface area contributed by atoms with E-state index in [-0.39, 0.29) is 6.10 Å². The molecule has 2 atom stereocenters. The van der Waals surface area contributed by atoms with Crippen LogP contribution in [0.5, 0.6) is 5.75 Å². The molecule has 1 aromatic heterocycles. The van der Waals surface area contributed by atoms with Gasteiger partial charge in [-0.2, -0.15) is 0 Å². The van der Waals surface area contributed by atoms with E-state index in [9.17, 15) is 0 Å². The molecule has 2 N–H and O–H groups in total. The van der Waals surface area contributed by atoms with Crippen LogP contribution >= 0.6 is 0 Å². The van der Waals surface area contributed by atoms with Crippen LogP contribution in [0.1, 0.15) is 37.8 Å². The highest BCUT2D eigenvalue weighted by Gasteiger charge is 2.24. The molecule has 1 aliphatic carbocycles. The third-order valence-corrected chi connectivity index (χ3v) is 4.49. The molecule has 2 unspecified atom stereocenters. The molecule has 2 aromatic rings. The molecule has 0 amide bonds. The Morgan fingerprint density at radius 3 is 2.86 bits per heavy atom. The van der Waals surface area contributed by atoms with Crippen molar-refractivity contribution in [2.24, 2.45) is 11.7 Å². The van der Waals surface area contributed by atoms with Crippen molar-refractivity contribution in [1.82, 2.24) is 4.98 Å². The van der Waals surface area contributed by atoms with Gasteiger partial charge >= 0.3 is 0 Å². The summed E-state index contributed by atoms with van der Waals surface area (Å²) >= 11 is 0. The molecule has 1 fully saturated rings. The Morgan fingerprint density at radius 1 is 1.14 bits per heavy atom. The van der Waals surface area contributed by atoms with Crippen LogP contribution in [0, 0.1) is 12.8 Å². The van der Waals surface area contributed by atoms with E-state index in [0.717, 1.165) is 28.8 Å². The number of nitrogens with zero attached hydrogens (tertiary/aromatic N) is 1. The van der Waals surface area contributed by atoms with Crippen LogP contribution in [0.25, 0.3) is 10.9 Å². The average molecular weight is 284 g/mol. The summed E-state index contributed by atoms with van der Waals surface area (Å²) in [6.45, 7) is 2.73. The number of pyridine rings is 1. The van der Waals surface area contributed by atoms with Crippen LogP contribution in [-0.4, -0.2) is 17.6 Å². The lowest BCUT2D eigenvalue weighted by atomic mass is 9.97. The Labute approximate surface area is 126 Å². The molecule has 1 aromatic carbocycles. The maximum atomic E-state index is 6.36. The zero-order chi connectivity index (χ0) is 14.7. The number of ether oxygens (including phenoxy) is 1. The normalized spacial score (nSPS) is 23.0. The van der Waals surface area contributed by atoms with Gasteiger partial charge in [-0.05, 0) is 44.9 Å². The third kappa shape index (κ3) is 3.18. The summed E-state index contributed by atoms with van der Waals surface area (Å²) in [6, 6.07) is 10.3. The van der Waals surface area contributed by atoms with Crippen molar-refractivity contribution in [1.29, 1.82) is 0 Å². The Balaban J connectivity index is 1.91. The first-order valence-corrected chi connectivity index (χ1v) is 8.01. The lowest BCUT2D eigenvalue weighted by molar-refractivity contribution is 0.131. The molecule has 21 heavy (non-hydrogen) atoms. The topological polar surface area (TPSA) is 48.1 Å². The van der Waals surface area contributed by atoms with Gasteiger partial charge in [0.2, 0.25) is 0 Å². The number of aromatic nitrogens is 1. The van der Waals surface area contributed by atoms with Gasteiger partial charge in [-0.1, -0.05) is 31.0 Å². The smallest absolute Gasteiger partial charge is 0.145 e. The highest BCUT2D eigenvalue weighted by molar-refractivity contribution is 5.84. The van der Waals surface area contributed by atoms with E-state index >= 15 is 0 Å². The summed E-state index contributed by atoms with van der Waals surface area (Å²) in [7, 11) is 0. The first-order valence-electron chi connectivity index (χ1n) is 8.01. The molecule has 0 aliphatic heterocycles. The van der Waals surface area contributed by atoms with Gasteiger partial charge < -0.3 is 10.5 Å². The predicted molar refractivity (Wildman–Crippen MR) is 86.5 cm³/mol. The van der Waals surface area contributed by atoms with Crippen LogP contribution < -0.4 is 10.5 Å². The van der Waals surface area contributed by atoms with Gasteiger partial charge in [0.15, 0.2) is 0 Å². The first kappa shape index (κ1) is 14.3. The number of aryl methyl sites for hydroxylation is 1. The van der Waals surface area contributed by atoms with Crippen molar-refractivity contribution < 1.29 is 4.74 Å². The fourth-order valence-corrected chi connectivity index (χ4v) is 3.25. The van der Waals surface area contributed by atoms with Gasteiger partial charge in [-0.3, -0.25) is 0 Å². The molecular weight excluding hydrogens is 260 g/mol. The standard InChI is InChI=1S/C18H24N2O/c1-13-10-11-14-7-5-9-17(18(14)20-13)21-16-8-4-2-3-6-15(16)12-19/h5,7,9-11,15-16H,2-4,6,8,12,19H2,1H3. The first-order chi connectivity index (χ1) is 10.3. The van der Waals surface area contributed by atoms with Crippen molar-refractivity contribution in [3.8, 4) is 5.75 Å². The number of benzene rings is 1. The third-order valence-electron chi connectivity index (χ3n) is 4.49. The second-order valence-corrected chi connectivity index (χ2v) is 6.07. The van der Waals surface area contributed by atoms with Crippen molar-refractivity contribution >= 4 is 10.9 Å². The second kappa shape index (κ2) is 6.44. The second-order valence-electron chi connectivity index (χ2n) is 6.07.